The number of ether oxygens (including phenoxy) is 2. The van der Waals surface area contributed by atoms with Crippen LogP contribution in [0.15, 0.2) is 55.0 Å². The second-order valence-corrected chi connectivity index (χ2v) is 20.0. The minimum absolute atomic E-state index is 0.0755. The van der Waals surface area contributed by atoms with Crippen LogP contribution in [-0.2, 0) is 66.1 Å². The molecule has 7 heterocycles. The van der Waals surface area contributed by atoms with E-state index in [0.29, 0.717) is 22.1 Å². The molecule has 0 aromatic carbocycles. The highest BCUT2D eigenvalue weighted by atomic mass is 32.3. The molecule has 3 saturated heterocycles. The number of aliphatic carboxylic acids is 3. The van der Waals surface area contributed by atoms with Crippen molar-refractivity contribution in [3.05, 3.63) is 54.7 Å². The molecule has 7 N–H and O–H groups in total. The molecule has 0 aliphatic carbocycles. The Bertz CT molecular complexity index is 2330. The minimum Gasteiger partial charge on any atom is -0.477 e. The number of hydrogen-bond acceptors (Lipinski definition) is 20. The van der Waals surface area contributed by atoms with Crippen LogP contribution in [0.3, 0.4) is 0 Å². The maximum absolute atomic E-state index is 13.2. The number of thiophene rings is 1. The van der Waals surface area contributed by atoms with E-state index in [0.717, 1.165) is 38.2 Å². The fourth-order valence-electron chi connectivity index (χ4n) is 6.29. The SMILES string of the molecule is CC(=O)OCC1=C(C(=O)O)N2C(=O)[C@@H](NC(=O)Cc3cccs3)[C@H]2SC1.CO[C@@]1(NC(=O)C2SC(=C(C(N)=O)C(=O)O)S2)C(=O)N2C(C(=O)O)=C(CSc3nnnn3C)CS[C@@H]21. The molecule has 5 aliphatic heterocycles. The molecule has 0 unspecified atom stereocenters. The summed E-state index contributed by atoms with van der Waals surface area (Å²) in [5, 5.41) is 45.8. The number of tetrazole rings is 1. The van der Waals surface area contributed by atoms with Crippen molar-refractivity contribution in [1.82, 2.24) is 40.6 Å². The molecular formula is C33H33N9O14S6. The number of carbonyl (C=O) groups is 9. The molecular weight excluding hydrogens is 939 g/mol. The molecule has 5 amide bonds. The number of nitrogens with two attached hydrogens (primary N) is 1. The van der Waals surface area contributed by atoms with Gasteiger partial charge in [0.2, 0.25) is 17.0 Å². The number of aryl methyl sites for hydroxylation is 1. The lowest BCUT2D eigenvalue weighted by atomic mass is 9.98. The molecule has 29 heteroatoms. The molecule has 0 spiro atoms. The highest BCUT2D eigenvalue weighted by Crippen LogP contribution is 2.54. The number of methoxy groups -OCH3 is 1. The fourth-order valence-corrected chi connectivity index (χ4v) is 13.0. The summed E-state index contributed by atoms with van der Waals surface area (Å²) in [5.41, 5.74) is 3.13. The Labute approximate surface area is 374 Å². The summed E-state index contributed by atoms with van der Waals surface area (Å²) in [5.74, 6) is -7.12. The first kappa shape index (κ1) is 46.4. The van der Waals surface area contributed by atoms with Crippen LogP contribution in [0.25, 0.3) is 0 Å². The van der Waals surface area contributed by atoms with Crippen molar-refractivity contribution < 1.29 is 67.9 Å². The van der Waals surface area contributed by atoms with Gasteiger partial charge in [-0.05, 0) is 27.4 Å². The van der Waals surface area contributed by atoms with Crippen molar-refractivity contribution in [2.45, 2.75) is 45.6 Å². The van der Waals surface area contributed by atoms with Crippen molar-refractivity contribution in [3.63, 3.8) is 0 Å². The zero-order valence-electron chi connectivity index (χ0n) is 32.1. The summed E-state index contributed by atoms with van der Waals surface area (Å²) < 4.78 is 10.9. The zero-order chi connectivity index (χ0) is 45.2. The van der Waals surface area contributed by atoms with Crippen molar-refractivity contribution in [2.75, 3.05) is 31.0 Å². The third-order valence-electron chi connectivity index (χ3n) is 9.14. The second-order valence-electron chi connectivity index (χ2n) is 13.0. The van der Waals surface area contributed by atoms with Crippen LogP contribution in [-0.4, -0.2) is 157 Å². The van der Waals surface area contributed by atoms with Gasteiger partial charge in [-0.1, -0.05) is 41.4 Å². The smallest absolute Gasteiger partial charge is 0.352 e. The lowest BCUT2D eigenvalue weighted by Crippen LogP contribution is -2.81. The highest BCUT2D eigenvalue weighted by Gasteiger charge is 2.67. The molecule has 62 heavy (non-hydrogen) atoms. The summed E-state index contributed by atoms with van der Waals surface area (Å²) in [7, 11) is 2.86. The summed E-state index contributed by atoms with van der Waals surface area (Å²) >= 11 is 6.85. The average Bonchev–Trinajstić information content (AvgIpc) is 3.88. The predicted octanol–water partition coefficient (Wildman–Crippen LogP) is -0.805. The van der Waals surface area contributed by atoms with Crippen LogP contribution in [0.4, 0.5) is 0 Å². The number of carboxylic acids is 3. The molecule has 2 aromatic rings. The van der Waals surface area contributed by atoms with E-state index in [2.05, 4.69) is 26.2 Å². The van der Waals surface area contributed by atoms with Gasteiger partial charge in [0.25, 0.3) is 23.4 Å². The Hall–Kier alpha value is -5.07. The van der Waals surface area contributed by atoms with Gasteiger partial charge in [0.05, 0.1) is 10.7 Å². The van der Waals surface area contributed by atoms with Gasteiger partial charge in [-0.15, -0.1) is 40.0 Å². The largest absolute Gasteiger partial charge is 0.477 e. The van der Waals surface area contributed by atoms with Gasteiger partial charge < -0.3 is 41.2 Å². The number of esters is 1. The number of hydrogen-bond donors (Lipinski definition) is 6. The number of carboxylic acid groups (broad SMARTS) is 3. The number of fused-ring (bicyclic) bond motifs is 2. The summed E-state index contributed by atoms with van der Waals surface area (Å²) in [4.78, 5) is 111. The van der Waals surface area contributed by atoms with Gasteiger partial charge in [-0.3, -0.25) is 38.6 Å². The van der Waals surface area contributed by atoms with Crippen LogP contribution in [0.5, 0.6) is 0 Å². The monoisotopic (exact) mass is 971 g/mol. The molecule has 4 atom stereocenters. The molecule has 23 nitrogen and oxygen atoms in total. The topological polar surface area (TPSA) is 333 Å². The maximum atomic E-state index is 13.2. The molecule has 330 valence electrons. The van der Waals surface area contributed by atoms with Crippen molar-refractivity contribution >= 4 is 124 Å². The van der Waals surface area contributed by atoms with Crippen LogP contribution in [0, 0.1) is 0 Å². The maximum Gasteiger partial charge on any atom is 0.352 e. The summed E-state index contributed by atoms with van der Waals surface area (Å²) in [6.07, 6.45) is 0.179. The van der Waals surface area contributed by atoms with Crippen molar-refractivity contribution in [1.29, 1.82) is 0 Å². The van der Waals surface area contributed by atoms with E-state index in [1.807, 2.05) is 17.5 Å². The number of thioether (sulfide) groups is 5. The number of amides is 5. The quantitative estimate of drug-likeness (QED) is 0.0242. The van der Waals surface area contributed by atoms with E-state index in [-0.39, 0.29) is 46.1 Å². The van der Waals surface area contributed by atoms with E-state index in [4.69, 9.17) is 20.3 Å². The van der Waals surface area contributed by atoms with E-state index in [1.165, 1.54) is 65.3 Å². The predicted molar refractivity (Wildman–Crippen MR) is 222 cm³/mol. The van der Waals surface area contributed by atoms with Crippen LogP contribution in [0.1, 0.15) is 11.8 Å². The summed E-state index contributed by atoms with van der Waals surface area (Å²) in [6.45, 7) is 1.06. The Kier molecular flexibility index (Phi) is 14.3. The van der Waals surface area contributed by atoms with Crippen molar-refractivity contribution in [3.8, 4) is 0 Å². The van der Waals surface area contributed by atoms with E-state index in [9.17, 15) is 53.4 Å². The number of carbonyl (C=O) groups excluding carboxylic acids is 6. The van der Waals surface area contributed by atoms with Crippen molar-refractivity contribution in [2.24, 2.45) is 12.8 Å². The first-order chi connectivity index (χ1) is 29.4. The molecule has 5 aliphatic rings. The molecule has 3 fully saturated rings. The van der Waals surface area contributed by atoms with Gasteiger partial charge in [0.15, 0.2) is 0 Å². The molecule has 0 bridgehead atoms. The van der Waals surface area contributed by atoms with E-state index >= 15 is 0 Å². The fraction of sp³-hybridized carbons (Fsp3) is 0.394. The first-order valence-corrected chi connectivity index (χ1v) is 23.2. The van der Waals surface area contributed by atoms with Gasteiger partial charge in [0.1, 0.15) is 44.9 Å². The van der Waals surface area contributed by atoms with Gasteiger partial charge in [0, 0.05) is 48.8 Å². The Morgan fingerprint density at radius 2 is 1.69 bits per heavy atom. The number of β-lactam (4-membered cyclic amide) rings is 2. The van der Waals surface area contributed by atoms with Crippen LogP contribution < -0.4 is 16.4 Å². The Balaban J connectivity index is 0.000000218. The molecule has 7 rings (SSSR count). The standard InChI is InChI=1S/C17H17N7O8S4.C16H16N2O6S2/c1-23-16(20-21-22-23)34-4-5-3-33-15-17(32-2,14(31)24(15)7(5)11(29)30)19-9(26)13-35-12(36-13)6(8(18)25)10(27)28;1-8(19)24-6-9-7-26-15-12(14(21)18(15)13(9)16(22)23)17-11(20)5-10-3-2-4-25-10/h13,15H,3-4H2,1-2H3,(H2,18,25)(H,19,26)(H,27,28)(H,29,30);2-4,12,15H,5-7H2,1H3,(H,17,20)(H,22,23)/t13?,15-,17+;12-,15-/m11/s1. The van der Waals surface area contributed by atoms with Gasteiger partial charge in [-0.25, -0.2) is 19.1 Å². The molecule has 2 aromatic heterocycles. The lowest BCUT2D eigenvalue weighted by Gasteiger charge is -2.56. The first-order valence-electron chi connectivity index (χ1n) is 17.5. The lowest BCUT2D eigenvalue weighted by molar-refractivity contribution is -0.192. The Morgan fingerprint density at radius 1 is 1.02 bits per heavy atom. The van der Waals surface area contributed by atoms with E-state index < -0.39 is 80.2 Å². The van der Waals surface area contributed by atoms with Gasteiger partial charge >= 0.3 is 23.9 Å². The van der Waals surface area contributed by atoms with Crippen LogP contribution in [0.2, 0.25) is 0 Å². The third kappa shape index (κ3) is 9.18. The van der Waals surface area contributed by atoms with Gasteiger partial charge in [-0.2, -0.15) is 0 Å². The normalized spacial score (nSPS) is 23.6. The average molecular weight is 972 g/mol. The minimum atomic E-state index is -1.81. The number of nitrogens with one attached hydrogen (secondary N) is 2. The number of nitrogens with zero attached hydrogens (tertiary/aromatic N) is 6. The number of aromatic nitrogens is 4. The third-order valence-corrected chi connectivity index (χ3v) is 16.7. The zero-order valence-corrected chi connectivity index (χ0v) is 37.0. The van der Waals surface area contributed by atoms with Crippen LogP contribution >= 0.6 is 70.1 Å². The summed E-state index contributed by atoms with van der Waals surface area (Å²) in [6, 6.07) is 2.92. The number of rotatable bonds is 15. The second kappa shape index (κ2) is 19.1. The molecule has 0 radical (unpaired) electrons. The Morgan fingerprint density at radius 3 is 2.26 bits per heavy atom. The molecule has 0 saturated carbocycles. The number of primary amides is 1. The highest BCUT2D eigenvalue weighted by molar-refractivity contribution is 8.39. The van der Waals surface area contributed by atoms with E-state index in [1.54, 1.807) is 7.05 Å².